The minimum atomic E-state index is 0.555. The van der Waals surface area contributed by atoms with E-state index in [0.29, 0.717) is 17.6 Å². The molecule has 0 radical (unpaired) electrons. The van der Waals surface area contributed by atoms with Crippen LogP contribution in [0.4, 0.5) is 0 Å². The molecule has 274 valence electrons. The molecule has 9 aromatic carbocycles. The van der Waals surface area contributed by atoms with Gasteiger partial charge in [0.1, 0.15) is 11.2 Å². The van der Waals surface area contributed by atoms with Crippen molar-refractivity contribution >= 4 is 87.1 Å². The highest BCUT2D eigenvalue weighted by atomic mass is 16.3. The van der Waals surface area contributed by atoms with Gasteiger partial charge in [-0.05, 0) is 82.2 Å². The van der Waals surface area contributed by atoms with Crippen molar-refractivity contribution in [2.45, 2.75) is 0 Å². The molecule has 13 rings (SSSR count). The van der Waals surface area contributed by atoms with Crippen LogP contribution in [0.15, 0.2) is 192 Å². The molecular weight excluding hydrogens is 723 g/mol. The first kappa shape index (κ1) is 32.0. The zero-order valence-electron chi connectivity index (χ0n) is 31.5. The lowest BCUT2D eigenvalue weighted by atomic mass is 10.1. The van der Waals surface area contributed by atoms with E-state index in [1.165, 1.54) is 10.8 Å². The standard InChI is InChI=1S/C53H31N5O/c1-2-16-38(17-3-1)57-45-28-26-40-39-18-9-11-21-46(39)59-50(40)48(45)42-27-29-44-47(49(42)57)41-19-8-10-20-43(41)58(44)53-55-51(36-24-22-32-12-4-6-14-34(32)30-36)54-52(56-53)37-25-23-33-13-5-7-15-35(33)31-37/h1-31H. The second-order valence-electron chi connectivity index (χ2n) is 15.2. The lowest BCUT2D eigenvalue weighted by Gasteiger charge is -2.12. The molecule has 0 unspecified atom stereocenters. The summed E-state index contributed by atoms with van der Waals surface area (Å²) >= 11 is 0. The van der Waals surface area contributed by atoms with E-state index < -0.39 is 0 Å². The fourth-order valence-corrected chi connectivity index (χ4v) is 9.26. The highest BCUT2D eigenvalue weighted by molar-refractivity contribution is 6.31. The van der Waals surface area contributed by atoms with Crippen molar-refractivity contribution in [3.05, 3.63) is 188 Å². The van der Waals surface area contributed by atoms with E-state index in [2.05, 4.69) is 191 Å². The molecule has 0 atom stereocenters. The zero-order valence-corrected chi connectivity index (χ0v) is 31.5. The van der Waals surface area contributed by atoms with Crippen molar-refractivity contribution in [1.82, 2.24) is 24.1 Å². The molecule has 4 aromatic heterocycles. The Kier molecular flexibility index (Phi) is 6.63. The molecule has 13 aromatic rings. The van der Waals surface area contributed by atoms with Gasteiger partial charge < -0.3 is 8.98 Å². The molecule has 0 spiro atoms. The van der Waals surface area contributed by atoms with Gasteiger partial charge in [-0.2, -0.15) is 9.97 Å². The van der Waals surface area contributed by atoms with Crippen molar-refractivity contribution in [2.75, 3.05) is 0 Å². The highest BCUT2D eigenvalue weighted by Crippen LogP contribution is 2.45. The first-order chi connectivity index (χ1) is 29.2. The highest BCUT2D eigenvalue weighted by Gasteiger charge is 2.25. The van der Waals surface area contributed by atoms with Crippen LogP contribution in [0, 0.1) is 0 Å². The van der Waals surface area contributed by atoms with E-state index in [1.54, 1.807) is 0 Å². The lowest BCUT2D eigenvalue weighted by Crippen LogP contribution is -2.06. The minimum Gasteiger partial charge on any atom is -0.455 e. The molecule has 0 aliphatic carbocycles. The number of benzene rings is 9. The molecular formula is C53H31N5O. The maximum atomic E-state index is 6.72. The summed E-state index contributed by atoms with van der Waals surface area (Å²) in [6.45, 7) is 0. The molecule has 0 saturated carbocycles. The average molecular weight is 754 g/mol. The maximum Gasteiger partial charge on any atom is 0.238 e. The predicted molar refractivity (Wildman–Crippen MR) is 242 cm³/mol. The summed E-state index contributed by atoms with van der Waals surface area (Å²) in [6, 6.07) is 66.1. The van der Waals surface area contributed by atoms with Crippen molar-refractivity contribution in [3.8, 4) is 34.4 Å². The summed E-state index contributed by atoms with van der Waals surface area (Å²) in [5, 5.41) is 11.2. The number of hydrogen-bond acceptors (Lipinski definition) is 4. The van der Waals surface area contributed by atoms with Gasteiger partial charge in [0, 0.05) is 43.7 Å². The summed E-state index contributed by atoms with van der Waals surface area (Å²) in [7, 11) is 0. The fraction of sp³-hybridized carbons (Fsp3) is 0. The zero-order chi connectivity index (χ0) is 38.6. The minimum absolute atomic E-state index is 0.555. The van der Waals surface area contributed by atoms with Crippen LogP contribution in [0.2, 0.25) is 0 Å². The summed E-state index contributed by atoms with van der Waals surface area (Å²) in [5.74, 6) is 1.78. The number of furan rings is 1. The molecule has 0 amide bonds. The van der Waals surface area contributed by atoms with E-state index in [1.807, 2.05) is 6.07 Å². The van der Waals surface area contributed by atoms with Gasteiger partial charge in [-0.15, -0.1) is 0 Å². The first-order valence-electron chi connectivity index (χ1n) is 19.9. The van der Waals surface area contributed by atoms with E-state index >= 15 is 0 Å². The number of aromatic nitrogens is 5. The maximum absolute atomic E-state index is 6.72. The van der Waals surface area contributed by atoms with Crippen molar-refractivity contribution < 1.29 is 4.42 Å². The van der Waals surface area contributed by atoms with Crippen LogP contribution in [-0.2, 0) is 0 Å². The van der Waals surface area contributed by atoms with E-state index in [4.69, 9.17) is 19.4 Å². The Morgan fingerprint density at radius 1 is 0.373 bits per heavy atom. The van der Waals surface area contributed by atoms with Gasteiger partial charge in [0.15, 0.2) is 11.6 Å². The number of para-hydroxylation sites is 3. The van der Waals surface area contributed by atoms with E-state index in [9.17, 15) is 0 Å². The number of nitrogens with zero attached hydrogens (tertiary/aromatic N) is 5. The van der Waals surface area contributed by atoms with Crippen LogP contribution in [0.25, 0.3) is 122 Å². The second kappa shape index (κ2) is 12.2. The third-order valence-electron chi connectivity index (χ3n) is 11.9. The third kappa shape index (κ3) is 4.71. The van der Waals surface area contributed by atoms with Gasteiger partial charge >= 0.3 is 0 Å². The molecule has 0 aliphatic rings. The molecule has 4 heterocycles. The van der Waals surface area contributed by atoms with Crippen LogP contribution in [0.5, 0.6) is 0 Å². The van der Waals surface area contributed by atoms with Crippen molar-refractivity contribution in [2.24, 2.45) is 0 Å². The Hall–Kier alpha value is -8.09. The van der Waals surface area contributed by atoms with Crippen molar-refractivity contribution in [1.29, 1.82) is 0 Å². The topological polar surface area (TPSA) is 61.7 Å². The number of rotatable bonds is 4. The quantitative estimate of drug-likeness (QED) is 0.180. The lowest BCUT2D eigenvalue weighted by molar-refractivity contribution is 0.673. The predicted octanol–water partition coefficient (Wildman–Crippen LogP) is 13.6. The largest absolute Gasteiger partial charge is 0.455 e. The molecule has 6 heteroatoms. The summed E-state index contributed by atoms with van der Waals surface area (Å²) in [4.78, 5) is 15.8. The Balaban J connectivity index is 1.15. The van der Waals surface area contributed by atoms with E-state index in [-0.39, 0.29) is 0 Å². The number of fused-ring (bicyclic) bond motifs is 13. The van der Waals surface area contributed by atoms with Gasteiger partial charge in [-0.1, -0.05) is 127 Å². The molecule has 0 bridgehead atoms. The average Bonchev–Trinajstić information content (AvgIpc) is 3.96. The molecule has 0 aliphatic heterocycles. The van der Waals surface area contributed by atoms with Gasteiger partial charge in [0.05, 0.1) is 27.5 Å². The molecule has 0 saturated heterocycles. The van der Waals surface area contributed by atoms with Gasteiger partial charge in [-0.25, -0.2) is 4.98 Å². The first-order valence-corrected chi connectivity index (χ1v) is 19.9. The van der Waals surface area contributed by atoms with Crippen LogP contribution in [0.3, 0.4) is 0 Å². The summed E-state index contributed by atoms with van der Waals surface area (Å²) < 4.78 is 11.3. The van der Waals surface area contributed by atoms with Crippen molar-refractivity contribution in [3.63, 3.8) is 0 Å². The van der Waals surface area contributed by atoms with Crippen LogP contribution < -0.4 is 0 Å². The molecule has 59 heavy (non-hydrogen) atoms. The monoisotopic (exact) mass is 753 g/mol. The van der Waals surface area contributed by atoms with Crippen LogP contribution in [0.1, 0.15) is 0 Å². The smallest absolute Gasteiger partial charge is 0.238 e. The van der Waals surface area contributed by atoms with Gasteiger partial charge in [-0.3, -0.25) is 4.57 Å². The van der Waals surface area contributed by atoms with Gasteiger partial charge in [0.25, 0.3) is 0 Å². The number of hydrogen-bond donors (Lipinski definition) is 0. The Morgan fingerprint density at radius 2 is 0.949 bits per heavy atom. The van der Waals surface area contributed by atoms with Crippen LogP contribution >= 0.6 is 0 Å². The summed E-state index contributed by atoms with van der Waals surface area (Å²) in [6.07, 6.45) is 0. The second-order valence-corrected chi connectivity index (χ2v) is 15.2. The van der Waals surface area contributed by atoms with Gasteiger partial charge in [0.2, 0.25) is 5.95 Å². The Bertz CT molecular complexity index is 3760. The fourth-order valence-electron chi connectivity index (χ4n) is 9.26. The molecule has 0 N–H and O–H groups in total. The van der Waals surface area contributed by atoms with E-state index in [0.717, 1.165) is 93.1 Å². The normalized spacial score (nSPS) is 12.1. The Labute approximate surface area is 336 Å². The molecule has 0 fully saturated rings. The Morgan fingerprint density at radius 3 is 1.66 bits per heavy atom. The molecule has 6 nitrogen and oxygen atoms in total. The van der Waals surface area contributed by atoms with Crippen LogP contribution in [-0.4, -0.2) is 24.1 Å². The summed E-state index contributed by atoms with van der Waals surface area (Å²) in [5.41, 5.74) is 8.90. The SMILES string of the molecule is c1ccc(-n2c3ccc4c5ccccc5oc4c3c3ccc4c(c5ccccc5n4-c4nc(-c5ccc6ccccc6c5)nc(-c5ccc6ccccc6c5)n4)c32)cc1. The third-order valence-corrected chi connectivity index (χ3v) is 11.9.